The molecular formula is C14H28N2O3. The van der Waals surface area contributed by atoms with Crippen LogP contribution in [-0.2, 0) is 14.4 Å². The van der Waals surface area contributed by atoms with Gasteiger partial charge in [-0.1, -0.05) is 58.3 Å². The minimum atomic E-state index is -0.594. The van der Waals surface area contributed by atoms with Crippen molar-refractivity contribution in [3.63, 3.8) is 0 Å². The van der Waals surface area contributed by atoms with Crippen molar-refractivity contribution in [2.45, 2.75) is 71.1 Å². The number of nitrogens with one attached hydrogen (secondary N) is 1. The van der Waals surface area contributed by atoms with Crippen LogP contribution in [0.25, 0.3) is 0 Å². The predicted octanol–water partition coefficient (Wildman–Crippen LogP) is 2.44. The van der Waals surface area contributed by atoms with Crippen LogP contribution in [0, 0.1) is 0 Å². The quantitative estimate of drug-likeness (QED) is 0.399. The molecule has 0 aromatic heterocycles. The smallest absolute Gasteiger partial charge is 0.246 e. The van der Waals surface area contributed by atoms with Crippen LogP contribution in [0.1, 0.15) is 71.1 Å². The second-order valence-corrected chi connectivity index (χ2v) is 4.86. The zero-order valence-electron chi connectivity index (χ0n) is 12.1. The maximum Gasteiger partial charge on any atom is 0.246 e. The number of hydrogen-bond acceptors (Lipinski definition) is 3. The van der Waals surface area contributed by atoms with Crippen molar-refractivity contribution in [1.82, 2.24) is 5.48 Å². The molecule has 0 saturated carbocycles. The van der Waals surface area contributed by atoms with E-state index in [2.05, 4.69) is 17.2 Å². The molecule has 112 valence electrons. The van der Waals surface area contributed by atoms with Gasteiger partial charge in [-0.25, -0.2) is 5.48 Å². The summed E-state index contributed by atoms with van der Waals surface area (Å²) in [5, 5.41) is 0. The summed E-state index contributed by atoms with van der Waals surface area (Å²) in [6.07, 6.45) is 11.4. The number of rotatable bonds is 13. The Kier molecular flexibility index (Phi) is 12.6. The summed E-state index contributed by atoms with van der Waals surface area (Å²) < 4.78 is 0. The standard InChI is InChI=1S/C14H28N2O3/c1-2-3-4-5-6-7-8-9-10-11-14(18)16-19-12-13(15)17/h2-12H2,1H3,(H2,15,17)(H,16,18). The molecule has 0 bridgehead atoms. The van der Waals surface area contributed by atoms with Gasteiger partial charge in [-0.2, -0.15) is 0 Å². The number of carbonyl (C=O) groups is 2. The Morgan fingerprint density at radius 1 is 0.947 bits per heavy atom. The van der Waals surface area contributed by atoms with Crippen molar-refractivity contribution < 1.29 is 14.4 Å². The number of hydroxylamine groups is 1. The van der Waals surface area contributed by atoms with E-state index in [1.807, 2.05) is 0 Å². The van der Waals surface area contributed by atoms with Crippen LogP contribution in [-0.4, -0.2) is 18.4 Å². The molecule has 0 aliphatic heterocycles. The van der Waals surface area contributed by atoms with Crippen LogP contribution in [0.4, 0.5) is 0 Å². The van der Waals surface area contributed by atoms with Crippen LogP contribution >= 0.6 is 0 Å². The molecule has 0 aromatic rings. The third-order valence-corrected chi connectivity index (χ3v) is 2.91. The Morgan fingerprint density at radius 2 is 1.47 bits per heavy atom. The van der Waals surface area contributed by atoms with E-state index >= 15 is 0 Å². The molecule has 0 aliphatic carbocycles. The highest BCUT2D eigenvalue weighted by Gasteiger charge is 2.02. The minimum absolute atomic E-state index is 0.191. The summed E-state index contributed by atoms with van der Waals surface area (Å²) in [7, 11) is 0. The highest BCUT2D eigenvalue weighted by Crippen LogP contribution is 2.10. The Bertz CT molecular complexity index is 245. The highest BCUT2D eigenvalue weighted by molar-refractivity contribution is 5.76. The predicted molar refractivity (Wildman–Crippen MR) is 75.1 cm³/mol. The van der Waals surface area contributed by atoms with E-state index in [4.69, 9.17) is 5.73 Å². The Labute approximate surface area is 116 Å². The second-order valence-electron chi connectivity index (χ2n) is 4.86. The molecule has 5 heteroatoms. The monoisotopic (exact) mass is 272 g/mol. The van der Waals surface area contributed by atoms with E-state index in [1.165, 1.54) is 44.9 Å². The maximum atomic E-state index is 11.2. The van der Waals surface area contributed by atoms with Crippen molar-refractivity contribution in [3.05, 3.63) is 0 Å². The third-order valence-electron chi connectivity index (χ3n) is 2.91. The Morgan fingerprint density at radius 3 is 2.00 bits per heavy atom. The highest BCUT2D eigenvalue weighted by atomic mass is 16.7. The van der Waals surface area contributed by atoms with Crippen molar-refractivity contribution in [3.8, 4) is 0 Å². The molecule has 5 nitrogen and oxygen atoms in total. The van der Waals surface area contributed by atoms with E-state index in [0.29, 0.717) is 6.42 Å². The van der Waals surface area contributed by atoms with Gasteiger partial charge in [-0.05, 0) is 6.42 Å². The van der Waals surface area contributed by atoms with Gasteiger partial charge in [0, 0.05) is 6.42 Å². The lowest BCUT2D eigenvalue weighted by Gasteiger charge is -2.04. The lowest BCUT2D eigenvalue weighted by atomic mass is 10.1. The Hall–Kier alpha value is -1.10. The minimum Gasteiger partial charge on any atom is -0.368 e. The molecule has 0 spiro atoms. The molecule has 2 amide bonds. The van der Waals surface area contributed by atoms with E-state index in [0.717, 1.165) is 12.8 Å². The summed E-state index contributed by atoms with van der Waals surface area (Å²) >= 11 is 0. The van der Waals surface area contributed by atoms with Gasteiger partial charge < -0.3 is 5.73 Å². The van der Waals surface area contributed by atoms with Crippen LogP contribution < -0.4 is 11.2 Å². The summed E-state index contributed by atoms with van der Waals surface area (Å²) in [5.74, 6) is -0.785. The van der Waals surface area contributed by atoms with Gasteiger partial charge in [0.1, 0.15) is 0 Å². The van der Waals surface area contributed by atoms with E-state index in [-0.39, 0.29) is 12.5 Å². The van der Waals surface area contributed by atoms with Gasteiger partial charge in [0.05, 0.1) is 0 Å². The fraction of sp³-hybridized carbons (Fsp3) is 0.857. The number of unbranched alkanes of at least 4 members (excludes halogenated alkanes) is 8. The Balaban J connectivity index is 3.16. The second kappa shape index (κ2) is 13.3. The molecule has 19 heavy (non-hydrogen) atoms. The molecule has 0 unspecified atom stereocenters. The molecule has 0 atom stereocenters. The molecule has 0 aliphatic rings. The number of nitrogens with two attached hydrogens (primary N) is 1. The first-order valence-corrected chi connectivity index (χ1v) is 7.35. The molecule has 0 fully saturated rings. The molecule has 0 rings (SSSR count). The van der Waals surface area contributed by atoms with Crippen molar-refractivity contribution in [2.75, 3.05) is 6.61 Å². The maximum absolute atomic E-state index is 11.2. The van der Waals surface area contributed by atoms with Crippen molar-refractivity contribution in [2.24, 2.45) is 5.73 Å². The summed E-state index contributed by atoms with van der Waals surface area (Å²) in [4.78, 5) is 26.2. The molecule has 0 radical (unpaired) electrons. The first-order valence-electron chi connectivity index (χ1n) is 7.35. The summed E-state index contributed by atoms with van der Waals surface area (Å²) in [5.41, 5.74) is 7.06. The van der Waals surface area contributed by atoms with Crippen molar-refractivity contribution >= 4 is 11.8 Å². The molecule has 0 saturated heterocycles. The lowest BCUT2D eigenvalue weighted by Crippen LogP contribution is -2.29. The molecule has 0 aromatic carbocycles. The fourth-order valence-corrected chi connectivity index (χ4v) is 1.83. The topological polar surface area (TPSA) is 81.4 Å². The average molecular weight is 272 g/mol. The molecule has 3 N–H and O–H groups in total. The van der Waals surface area contributed by atoms with Crippen LogP contribution in [0.2, 0.25) is 0 Å². The van der Waals surface area contributed by atoms with E-state index in [1.54, 1.807) is 0 Å². The largest absolute Gasteiger partial charge is 0.368 e. The zero-order chi connectivity index (χ0) is 14.3. The number of amides is 2. The van der Waals surface area contributed by atoms with Crippen LogP contribution in [0.3, 0.4) is 0 Å². The van der Waals surface area contributed by atoms with Crippen molar-refractivity contribution in [1.29, 1.82) is 0 Å². The van der Waals surface area contributed by atoms with E-state index < -0.39 is 5.91 Å². The van der Waals surface area contributed by atoms with E-state index in [9.17, 15) is 9.59 Å². The van der Waals surface area contributed by atoms with Gasteiger partial charge in [0.2, 0.25) is 11.8 Å². The van der Waals surface area contributed by atoms with Gasteiger partial charge in [0.15, 0.2) is 6.61 Å². The van der Waals surface area contributed by atoms with Gasteiger partial charge in [0.25, 0.3) is 0 Å². The van der Waals surface area contributed by atoms with Crippen LogP contribution in [0.15, 0.2) is 0 Å². The number of hydrogen-bond donors (Lipinski definition) is 2. The fourth-order valence-electron chi connectivity index (χ4n) is 1.83. The third kappa shape index (κ3) is 14.8. The van der Waals surface area contributed by atoms with Gasteiger partial charge in [-0.15, -0.1) is 0 Å². The SMILES string of the molecule is CCCCCCCCCCCC(=O)NOCC(N)=O. The first-order chi connectivity index (χ1) is 9.16. The zero-order valence-corrected chi connectivity index (χ0v) is 12.1. The first kappa shape index (κ1) is 17.9. The lowest BCUT2D eigenvalue weighted by molar-refractivity contribution is -0.138. The summed E-state index contributed by atoms with van der Waals surface area (Å²) in [6, 6.07) is 0. The normalized spacial score (nSPS) is 10.4. The van der Waals surface area contributed by atoms with Gasteiger partial charge >= 0.3 is 0 Å². The average Bonchev–Trinajstić information content (AvgIpc) is 2.36. The number of primary amides is 1. The number of carbonyl (C=O) groups excluding carboxylic acids is 2. The molecule has 0 heterocycles. The van der Waals surface area contributed by atoms with Crippen LogP contribution in [0.5, 0.6) is 0 Å². The summed E-state index contributed by atoms with van der Waals surface area (Å²) in [6.45, 7) is 1.95. The molecular weight excluding hydrogens is 244 g/mol. The van der Waals surface area contributed by atoms with Gasteiger partial charge in [-0.3, -0.25) is 14.4 Å².